The molecule has 0 fully saturated rings. The van der Waals surface area contributed by atoms with Crippen molar-refractivity contribution in [2.24, 2.45) is 12.8 Å². The minimum atomic E-state index is 0.626. The van der Waals surface area contributed by atoms with Crippen LogP contribution in [0.1, 0.15) is 5.69 Å². The predicted octanol–water partition coefficient (Wildman–Crippen LogP) is 1.73. The molecule has 2 N–H and O–H groups in total. The van der Waals surface area contributed by atoms with Crippen LogP contribution in [-0.4, -0.2) is 16.3 Å². The number of fused-ring (bicyclic) bond motifs is 1. The first kappa shape index (κ1) is 9.49. The fourth-order valence-electron chi connectivity index (χ4n) is 1.67. The van der Waals surface area contributed by atoms with Crippen LogP contribution in [0.4, 0.5) is 0 Å². The van der Waals surface area contributed by atoms with E-state index in [1.807, 2.05) is 29.9 Å². The van der Waals surface area contributed by atoms with Gasteiger partial charge in [0.05, 0.1) is 5.02 Å². The van der Waals surface area contributed by atoms with Gasteiger partial charge in [0.1, 0.15) is 5.52 Å². The van der Waals surface area contributed by atoms with E-state index in [0.29, 0.717) is 11.6 Å². The maximum atomic E-state index is 6.04. The Kier molecular flexibility index (Phi) is 2.44. The quantitative estimate of drug-likeness (QED) is 0.819. The molecule has 1 aromatic carbocycles. The topological polar surface area (TPSA) is 43.8 Å². The smallest absolute Gasteiger partial charge is 0.111 e. The van der Waals surface area contributed by atoms with E-state index in [1.165, 1.54) is 0 Å². The Balaban J connectivity index is 2.70. The summed E-state index contributed by atoms with van der Waals surface area (Å²) in [5.74, 6) is 0. The molecule has 74 valence electrons. The number of halogens is 1. The van der Waals surface area contributed by atoms with Gasteiger partial charge in [-0.2, -0.15) is 5.10 Å². The lowest BCUT2D eigenvalue weighted by Crippen LogP contribution is -2.07. The van der Waals surface area contributed by atoms with Crippen molar-refractivity contribution in [3.05, 3.63) is 28.9 Å². The highest BCUT2D eigenvalue weighted by Gasteiger charge is 2.09. The van der Waals surface area contributed by atoms with Crippen LogP contribution < -0.4 is 5.73 Å². The molecule has 0 saturated heterocycles. The van der Waals surface area contributed by atoms with Crippen molar-refractivity contribution in [1.82, 2.24) is 9.78 Å². The zero-order valence-electron chi connectivity index (χ0n) is 8.00. The van der Waals surface area contributed by atoms with E-state index in [4.69, 9.17) is 17.3 Å². The number of hydrogen-bond donors (Lipinski definition) is 1. The molecule has 14 heavy (non-hydrogen) atoms. The van der Waals surface area contributed by atoms with Crippen molar-refractivity contribution < 1.29 is 0 Å². The van der Waals surface area contributed by atoms with Crippen LogP contribution in [0, 0.1) is 0 Å². The second-order valence-corrected chi connectivity index (χ2v) is 3.65. The minimum absolute atomic E-state index is 0.626. The first-order valence-corrected chi connectivity index (χ1v) is 4.92. The molecule has 1 aromatic heterocycles. The average Bonchev–Trinajstić information content (AvgIpc) is 2.47. The van der Waals surface area contributed by atoms with Crippen LogP contribution >= 0.6 is 11.6 Å². The highest BCUT2D eigenvalue weighted by Crippen LogP contribution is 2.24. The van der Waals surface area contributed by atoms with Crippen molar-refractivity contribution in [3.8, 4) is 0 Å². The summed E-state index contributed by atoms with van der Waals surface area (Å²) in [6, 6.07) is 5.81. The lowest BCUT2D eigenvalue weighted by atomic mass is 10.1. The molecular formula is C10H12ClN3. The van der Waals surface area contributed by atoms with Crippen LogP contribution in [0.2, 0.25) is 5.02 Å². The summed E-state index contributed by atoms with van der Waals surface area (Å²) in [6.45, 7) is 0.626. The lowest BCUT2D eigenvalue weighted by Gasteiger charge is -1.98. The van der Waals surface area contributed by atoms with Crippen LogP contribution in [0.5, 0.6) is 0 Å². The monoisotopic (exact) mass is 209 g/mol. The highest BCUT2D eigenvalue weighted by atomic mass is 35.5. The van der Waals surface area contributed by atoms with Crippen molar-refractivity contribution in [2.75, 3.05) is 6.54 Å². The minimum Gasteiger partial charge on any atom is -0.330 e. The van der Waals surface area contributed by atoms with Gasteiger partial charge in [0.15, 0.2) is 0 Å². The lowest BCUT2D eigenvalue weighted by molar-refractivity contribution is 0.716. The number of hydrogen-bond acceptors (Lipinski definition) is 2. The molecular weight excluding hydrogens is 198 g/mol. The van der Waals surface area contributed by atoms with Crippen LogP contribution in [0.3, 0.4) is 0 Å². The maximum Gasteiger partial charge on any atom is 0.111 e. The van der Waals surface area contributed by atoms with Crippen LogP contribution in [0.15, 0.2) is 18.2 Å². The molecule has 0 aliphatic rings. The van der Waals surface area contributed by atoms with E-state index >= 15 is 0 Å². The van der Waals surface area contributed by atoms with Gasteiger partial charge in [-0.3, -0.25) is 4.68 Å². The molecule has 0 amide bonds. The second kappa shape index (κ2) is 3.59. The van der Waals surface area contributed by atoms with Gasteiger partial charge in [-0.25, -0.2) is 0 Å². The normalized spacial score (nSPS) is 11.1. The molecule has 2 aromatic rings. The van der Waals surface area contributed by atoms with Gasteiger partial charge in [0.25, 0.3) is 0 Å². The summed E-state index contributed by atoms with van der Waals surface area (Å²) < 4.78 is 1.85. The van der Waals surface area contributed by atoms with Gasteiger partial charge in [-0.15, -0.1) is 0 Å². The molecule has 4 heteroatoms. The number of nitrogens with two attached hydrogens (primary N) is 1. The van der Waals surface area contributed by atoms with Gasteiger partial charge in [-0.05, 0) is 12.6 Å². The molecule has 1 heterocycles. The largest absolute Gasteiger partial charge is 0.330 e. The third-order valence-corrected chi connectivity index (χ3v) is 2.62. The zero-order chi connectivity index (χ0) is 10.1. The SMILES string of the molecule is Cn1nc2c(Cl)cccc2c1CCN. The number of rotatable bonds is 2. The van der Waals surface area contributed by atoms with Gasteiger partial charge in [-0.1, -0.05) is 23.7 Å². The third-order valence-electron chi connectivity index (χ3n) is 2.32. The fourth-order valence-corrected chi connectivity index (χ4v) is 1.88. The van der Waals surface area contributed by atoms with Gasteiger partial charge >= 0.3 is 0 Å². The van der Waals surface area contributed by atoms with Gasteiger partial charge in [0.2, 0.25) is 0 Å². The van der Waals surface area contributed by atoms with Gasteiger partial charge in [0, 0.05) is 24.5 Å². The number of nitrogens with zero attached hydrogens (tertiary/aromatic N) is 2. The molecule has 0 aliphatic carbocycles. The van der Waals surface area contributed by atoms with Crippen molar-refractivity contribution >= 4 is 22.5 Å². The Morgan fingerprint density at radius 2 is 2.29 bits per heavy atom. The van der Waals surface area contributed by atoms with Crippen LogP contribution in [0.25, 0.3) is 10.9 Å². The third kappa shape index (κ3) is 1.38. The Morgan fingerprint density at radius 3 is 3.00 bits per heavy atom. The zero-order valence-corrected chi connectivity index (χ0v) is 8.75. The molecule has 0 bridgehead atoms. The molecule has 3 nitrogen and oxygen atoms in total. The molecule has 0 radical (unpaired) electrons. The summed E-state index contributed by atoms with van der Waals surface area (Å²) in [5.41, 5.74) is 7.55. The van der Waals surface area contributed by atoms with E-state index < -0.39 is 0 Å². The van der Waals surface area contributed by atoms with Crippen molar-refractivity contribution in [2.45, 2.75) is 6.42 Å². The summed E-state index contributed by atoms with van der Waals surface area (Å²) >= 11 is 6.04. The second-order valence-electron chi connectivity index (χ2n) is 3.24. The molecule has 0 spiro atoms. The first-order valence-electron chi connectivity index (χ1n) is 4.54. The van der Waals surface area contributed by atoms with Gasteiger partial charge < -0.3 is 5.73 Å². The first-order chi connectivity index (χ1) is 6.74. The van der Waals surface area contributed by atoms with E-state index in [0.717, 1.165) is 23.0 Å². The molecule has 2 rings (SSSR count). The molecule has 0 unspecified atom stereocenters. The molecule has 0 saturated carbocycles. The summed E-state index contributed by atoms with van der Waals surface area (Å²) in [6.07, 6.45) is 0.827. The predicted molar refractivity (Wildman–Crippen MR) is 58.5 cm³/mol. The number of benzene rings is 1. The van der Waals surface area contributed by atoms with E-state index in [1.54, 1.807) is 0 Å². The number of aromatic nitrogens is 2. The Morgan fingerprint density at radius 1 is 1.50 bits per heavy atom. The van der Waals surface area contributed by atoms with E-state index in [-0.39, 0.29) is 0 Å². The summed E-state index contributed by atoms with van der Waals surface area (Å²) in [5, 5.41) is 6.16. The maximum absolute atomic E-state index is 6.04. The van der Waals surface area contributed by atoms with E-state index in [2.05, 4.69) is 5.10 Å². The number of aryl methyl sites for hydroxylation is 1. The average molecular weight is 210 g/mol. The van der Waals surface area contributed by atoms with Crippen molar-refractivity contribution in [1.29, 1.82) is 0 Å². The van der Waals surface area contributed by atoms with Crippen molar-refractivity contribution in [3.63, 3.8) is 0 Å². The summed E-state index contributed by atoms with van der Waals surface area (Å²) in [4.78, 5) is 0. The Hall–Kier alpha value is -1.06. The standard InChI is InChI=1S/C10H12ClN3/c1-14-9(5-6-12)7-3-2-4-8(11)10(7)13-14/h2-4H,5-6,12H2,1H3. The van der Waals surface area contributed by atoms with E-state index in [9.17, 15) is 0 Å². The molecule has 0 atom stereocenters. The van der Waals surface area contributed by atoms with Crippen LogP contribution in [-0.2, 0) is 13.5 Å². The molecule has 0 aliphatic heterocycles. The fraction of sp³-hybridized carbons (Fsp3) is 0.300. The Labute approximate surface area is 87.5 Å². The highest BCUT2D eigenvalue weighted by molar-refractivity contribution is 6.35. The Bertz CT molecular complexity index is 462. The summed E-state index contributed by atoms with van der Waals surface area (Å²) in [7, 11) is 1.92.